The van der Waals surface area contributed by atoms with Crippen LogP contribution in [0.3, 0.4) is 0 Å². The minimum absolute atomic E-state index is 1.15. The van der Waals surface area contributed by atoms with Crippen molar-refractivity contribution in [1.82, 2.24) is 0 Å². The molecule has 32 valence electrons. The number of hydrogen-bond acceptors (Lipinski definition) is 2. The highest BCUT2D eigenvalue weighted by Gasteiger charge is 1.56. The van der Waals surface area contributed by atoms with Gasteiger partial charge in [0.15, 0.2) is 0 Å². The van der Waals surface area contributed by atoms with Gasteiger partial charge in [-0.2, -0.15) is 0 Å². The number of rotatable bonds is 2. The first-order chi connectivity index (χ1) is 2.91. The van der Waals surface area contributed by atoms with E-state index in [1.54, 1.807) is 11.5 Å². The fourth-order valence-corrected chi connectivity index (χ4v) is 0.425. The third-order valence-corrected chi connectivity index (χ3v) is 0.707. The molecular weight excluding hydrogens is 112 g/mol. The minimum Gasteiger partial charge on any atom is -0.128 e. The summed E-state index contributed by atoms with van der Waals surface area (Å²) in [6, 6.07) is 0. The summed E-state index contributed by atoms with van der Waals surface area (Å²) >= 11 is 5.58. The van der Waals surface area contributed by atoms with Crippen LogP contribution in [0.25, 0.3) is 0 Å². The molecule has 0 aliphatic rings. The fraction of sp³-hybridized carbons (Fsp3) is 0. The van der Waals surface area contributed by atoms with E-state index >= 15 is 0 Å². The molecule has 0 N–H and O–H groups in total. The van der Waals surface area contributed by atoms with Crippen molar-refractivity contribution in [2.75, 3.05) is 0 Å². The third-order valence-electron chi connectivity index (χ3n) is 0.236. The average Bonchev–Trinajstić information content (AvgIpc) is 1.61. The van der Waals surface area contributed by atoms with Gasteiger partial charge in [0.05, 0.1) is 0 Å². The molecule has 0 aromatic heterocycles. The van der Waals surface area contributed by atoms with Gasteiger partial charge in [-0.1, -0.05) is 12.2 Å². The van der Waals surface area contributed by atoms with Gasteiger partial charge in [0.1, 0.15) is 0 Å². The van der Waals surface area contributed by atoms with E-state index in [0.717, 1.165) is 11.8 Å². The quantitative estimate of drug-likeness (QED) is 0.399. The Morgan fingerprint density at radius 2 is 2.33 bits per heavy atom. The maximum absolute atomic E-state index is 4.98. The minimum atomic E-state index is 1.15. The van der Waals surface area contributed by atoms with Crippen molar-refractivity contribution >= 4 is 29.3 Å². The van der Waals surface area contributed by atoms with Crippen LogP contribution in [0.5, 0.6) is 0 Å². The van der Waals surface area contributed by atoms with E-state index in [-0.39, 0.29) is 0 Å². The molecule has 2 radical (unpaired) electrons. The highest BCUT2D eigenvalue weighted by atomic mass is 32.2. The summed E-state index contributed by atoms with van der Waals surface area (Å²) in [5, 5.41) is 3.23. The Morgan fingerprint density at radius 1 is 1.67 bits per heavy atom. The molecule has 0 saturated carbocycles. The lowest BCUT2D eigenvalue weighted by Crippen LogP contribution is -1.45. The monoisotopic (exact) mass is 116 g/mol. The molecule has 0 bridgehead atoms. The molecule has 6 heavy (non-hydrogen) atoms. The second-order valence-electron chi connectivity index (χ2n) is 0.601. The SMILES string of the molecule is [CH]SC=CC=S. The summed E-state index contributed by atoms with van der Waals surface area (Å²) < 4.78 is 0. The van der Waals surface area contributed by atoms with Crippen molar-refractivity contribution in [2.45, 2.75) is 0 Å². The highest BCUT2D eigenvalue weighted by molar-refractivity contribution is 8.03. The Labute approximate surface area is 47.6 Å². The number of allylic oxidation sites excluding steroid dienone is 1. The van der Waals surface area contributed by atoms with Crippen molar-refractivity contribution in [2.24, 2.45) is 0 Å². The lowest BCUT2D eigenvalue weighted by atomic mass is 10.8. The van der Waals surface area contributed by atoms with E-state index in [1.807, 2.05) is 0 Å². The maximum atomic E-state index is 4.98. The third kappa shape index (κ3) is 4.18. The van der Waals surface area contributed by atoms with E-state index in [9.17, 15) is 0 Å². The Hall–Kier alpha value is 0.180. The van der Waals surface area contributed by atoms with Crippen molar-refractivity contribution < 1.29 is 0 Å². The van der Waals surface area contributed by atoms with Gasteiger partial charge >= 0.3 is 0 Å². The van der Waals surface area contributed by atoms with Crippen LogP contribution in [-0.4, -0.2) is 5.37 Å². The molecule has 0 spiro atoms. The summed E-state index contributed by atoms with van der Waals surface area (Å²) in [7, 11) is 0. The molecule has 0 fully saturated rings. The number of hydrogen-bond donors (Lipinski definition) is 0. The molecular formula is C4H4S2. The molecule has 0 nitrogen and oxygen atoms in total. The summed E-state index contributed by atoms with van der Waals surface area (Å²) in [5.74, 6) is 0. The lowest BCUT2D eigenvalue weighted by molar-refractivity contribution is 2.47. The Kier molecular flexibility index (Phi) is 5.34. The van der Waals surface area contributed by atoms with Gasteiger partial charge in [-0.05, 0) is 11.5 Å². The van der Waals surface area contributed by atoms with Crippen LogP contribution in [-0.2, 0) is 0 Å². The van der Waals surface area contributed by atoms with Gasteiger partial charge in [0, 0.05) is 11.6 Å². The molecule has 0 saturated heterocycles. The van der Waals surface area contributed by atoms with E-state index in [1.165, 1.54) is 5.37 Å². The fourth-order valence-electron chi connectivity index (χ4n) is 0.0774. The summed E-state index contributed by atoms with van der Waals surface area (Å²) in [6.45, 7) is 0. The molecule has 0 rings (SSSR count). The molecule has 0 aromatic rings. The van der Waals surface area contributed by atoms with Crippen molar-refractivity contribution in [3.63, 3.8) is 0 Å². The van der Waals surface area contributed by atoms with Gasteiger partial charge in [-0.25, -0.2) is 0 Å². The summed E-state index contributed by atoms with van der Waals surface area (Å²) in [6.07, 6.45) is 6.69. The highest BCUT2D eigenvalue weighted by Crippen LogP contribution is 1.93. The molecule has 0 aliphatic heterocycles. The molecule has 0 heterocycles. The topological polar surface area (TPSA) is 0 Å². The molecule has 0 aromatic carbocycles. The van der Waals surface area contributed by atoms with E-state index in [0.29, 0.717) is 0 Å². The van der Waals surface area contributed by atoms with Crippen LogP contribution in [0.2, 0.25) is 0 Å². The van der Waals surface area contributed by atoms with Crippen molar-refractivity contribution in [3.8, 4) is 0 Å². The van der Waals surface area contributed by atoms with Crippen molar-refractivity contribution in [1.29, 1.82) is 0 Å². The number of thioether (sulfide) groups is 1. The van der Waals surface area contributed by atoms with Crippen LogP contribution in [0, 0.1) is 6.26 Å². The Balaban J connectivity index is 2.94. The Morgan fingerprint density at radius 3 is 2.50 bits per heavy atom. The van der Waals surface area contributed by atoms with E-state index < -0.39 is 0 Å². The van der Waals surface area contributed by atoms with Gasteiger partial charge < -0.3 is 0 Å². The summed E-state index contributed by atoms with van der Waals surface area (Å²) in [4.78, 5) is 0. The van der Waals surface area contributed by atoms with E-state index in [4.69, 9.17) is 6.26 Å². The first kappa shape index (κ1) is 6.18. The average molecular weight is 116 g/mol. The smallest absolute Gasteiger partial charge is 0.0355 e. The van der Waals surface area contributed by atoms with Crippen LogP contribution < -0.4 is 0 Å². The van der Waals surface area contributed by atoms with Gasteiger partial charge in [0.2, 0.25) is 0 Å². The predicted molar refractivity (Wildman–Crippen MR) is 34.7 cm³/mol. The molecule has 0 aliphatic carbocycles. The zero-order valence-electron chi connectivity index (χ0n) is 3.13. The first-order valence-corrected chi connectivity index (χ1v) is 2.79. The summed E-state index contributed by atoms with van der Waals surface area (Å²) in [5.41, 5.74) is 0. The standard InChI is InChI=1S/C4H4S2/c1-6-4-2-3-5/h1-4H. The van der Waals surface area contributed by atoms with Crippen LogP contribution in [0.4, 0.5) is 0 Å². The Bertz CT molecular complexity index is 56.6. The maximum Gasteiger partial charge on any atom is 0.0355 e. The number of thiocarbonyl (C=S) groups is 1. The first-order valence-electron chi connectivity index (χ1n) is 1.37. The van der Waals surface area contributed by atoms with Crippen LogP contribution in [0.1, 0.15) is 0 Å². The van der Waals surface area contributed by atoms with Gasteiger partial charge in [-0.15, -0.1) is 11.8 Å². The second-order valence-corrected chi connectivity index (χ2v) is 1.42. The van der Waals surface area contributed by atoms with Crippen LogP contribution in [0.15, 0.2) is 11.5 Å². The zero-order chi connectivity index (χ0) is 4.83. The molecule has 0 unspecified atom stereocenters. The van der Waals surface area contributed by atoms with E-state index in [2.05, 4.69) is 12.2 Å². The van der Waals surface area contributed by atoms with Gasteiger partial charge in [0.25, 0.3) is 0 Å². The predicted octanol–water partition coefficient (Wildman–Crippen LogP) is 1.90. The largest absolute Gasteiger partial charge is 0.128 e. The lowest BCUT2D eigenvalue weighted by Gasteiger charge is -1.66. The molecule has 0 atom stereocenters. The molecule has 2 heteroatoms. The van der Waals surface area contributed by atoms with Crippen molar-refractivity contribution in [3.05, 3.63) is 17.7 Å². The van der Waals surface area contributed by atoms with Gasteiger partial charge in [-0.3, -0.25) is 0 Å². The zero-order valence-corrected chi connectivity index (χ0v) is 4.76. The molecule has 0 amide bonds. The van der Waals surface area contributed by atoms with Crippen LogP contribution >= 0.6 is 24.0 Å². The normalized spacial score (nSPS) is 9.50. The second kappa shape index (κ2) is 5.18.